The lowest BCUT2D eigenvalue weighted by molar-refractivity contribution is -0.383. The van der Waals surface area contributed by atoms with Gasteiger partial charge in [0, 0.05) is 6.07 Å². The summed E-state index contributed by atoms with van der Waals surface area (Å²) in [6.07, 6.45) is 0.988. The Hall–Kier alpha value is -3.01. The molecule has 0 radical (unpaired) electrons. The molecule has 7 heteroatoms. The molecule has 0 saturated carbocycles. The van der Waals surface area contributed by atoms with Crippen LogP contribution in [0.1, 0.15) is 5.56 Å². The third-order valence-corrected chi connectivity index (χ3v) is 2.31. The van der Waals surface area contributed by atoms with Crippen LogP contribution in [0.15, 0.2) is 36.5 Å². The lowest BCUT2D eigenvalue weighted by atomic mass is 10.2. The number of nitrogens with zero attached hydrogens (tertiary/aromatic N) is 3. The van der Waals surface area contributed by atoms with Crippen LogP contribution in [0.2, 0.25) is 0 Å². The molecule has 2 rings (SSSR count). The maximum atomic E-state index is 12.7. The van der Waals surface area contributed by atoms with E-state index in [1.807, 2.05) is 6.07 Å². The van der Waals surface area contributed by atoms with Gasteiger partial charge in [0.15, 0.2) is 0 Å². The molecule has 2 aromatic rings. The Morgan fingerprint density at radius 1 is 1.37 bits per heavy atom. The van der Waals surface area contributed by atoms with Crippen molar-refractivity contribution >= 4 is 17.2 Å². The van der Waals surface area contributed by atoms with E-state index in [4.69, 9.17) is 5.26 Å². The zero-order valence-corrected chi connectivity index (χ0v) is 9.50. The van der Waals surface area contributed by atoms with Crippen LogP contribution >= 0.6 is 0 Å². The molecular formula is C12H7FN4O2. The number of nitro benzene ring substituents is 1. The van der Waals surface area contributed by atoms with Crippen LogP contribution in [0.5, 0.6) is 0 Å². The minimum absolute atomic E-state index is 0.128. The highest BCUT2D eigenvalue weighted by atomic mass is 19.1. The molecule has 0 aliphatic rings. The minimum atomic E-state index is -0.576. The summed E-state index contributed by atoms with van der Waals surface area (Å²) in [6, 6.07) is 8.32. The van der Waals surface area contributed by atoms with E-state index in [0.29, 0.717) is 0 Å². The van der Waals surface area contributed by atoms with Crippen molar-refractivity contribution in [1.29, 1.82) is 5.26 Å². The van der Waals surface area contributed by atoms with E-state index < -0.39 is 10.7 Å². The molecule has 0 aliphatic heterocycles. The predicted molar refractivity (Wildman–Crippen MR) is 65.3 cm³/mol. The van der Waals surface area contributed by atoms with Crippen molar-refractivity contribution in [3.63, 3.8) is 0 Å². The standard InChI is InChI=1S/C12H7FN4O2/c13-9-2-4-12(15-7-9)16-10-5-8(6-14)1-3-11(10)17(18)19/h1-5,7H,(H,15,16). The van der Waals surface area contributed by atoms with Gasteiger partial charge in [0.05, 0.1) is 22.8 Å². The van der Waals surface area contributed by atoms with Crippen molar-refractivity contribution < 1.29 is 9.31 Å². The minimum Gasteiger partial charge on any atom is -0.335 e. The summed E-state index contributed by atoms with van der Waals surface area (Å²) in [7, 11) is 0. The molecule has 1 aromatic carbocycles. The first-order chi connectivity index (χ1) is 9.10. The predicted octanol–water partition coefficient (Wildman–Crippen LogP) is 2.74. The lowest BCUT2D eigenvalue weighted by Crippen LogP contribution is -1.99. The van der Waals surface area contributed by atoms with Gasteiger partial charge in [-0.15, -0.1) is 0 Å². The zero-order valence-electron chi connectivity index (χ0n) is 9.50. The topological polar surface area (TPSA) is 91.8 Å². The smallest absolute Gasteiger partial charge is 0.292 e. The van der Waals surface area contributed by atoms with Crippen LogP contribution in [0.4, 0.5) is 21.6 Å². The average Bonchev–Trinajstić information content (AvgIpc) is 2.41. The molecule has 0 saturated heterocycles. The summed E-state index contributed by atoms with van der Waals surface area (Å²) in [5.74, 6) is -0.259. The average molecular weight is 258 g/mol. The van der Waals surface area contributed by atoms with Crippen LogP contribution < -0.4 is 5.32 Å². The zero-order chi connectivity index (χ0) is 13.8. The third-order valence-electron chi connectivity index (χ3n) is 2.31. The van der Waals surface area contributed by atoms with Crippen molar-refractivity contribution in [3.05, 3.63) is 58.0 Å². The quantitative estimate of drug-likeness (QED) is 0.675. The second-order valence-corrected chi connectivity index (χ2v) is 3.59. The van der Waals surface area contributed by atoms with Gasteiger partial charge in [-0.1, -0.05) is 0 Å². The van der Waals surface area contributed by atoms with Crippen LogP contribution in [0, 0.1) is 27.3 Å². The normalized spacial score (nSPS) is 9.68. The van der Waals surface area contributed by atoms with Crippen molar-refractivity contribution in [2.45, 2.75) is 0 Å². The number of aromatic nitrogens is 1. The van der Waals surface area contributed by atoms with Gasteiger partial charge in [-0.25, -0.2) is 9.37 Å². The maximum Gasteiger partial charge on any atom is 0.292 e. The Labute approximate surface area is 107 Å². The molecule has 0 spiro atoms. The van der Waals surface area contributed by atoms with Crippen molar-refractivity contribution in [3.8, 4) is 6.07 Å². The van der Waals surface area contributed by atoms with E-state index >= 15 is 0 Å². The van der Waals surface area contributed by atoms with Gasteiger partial charge in [0.1, 0.15) is 17.3 Å². The summed E-state index contributed by atoms with van der Waals surface area (Å²) < 4.78 is 12.7. The number of rotatable bonds is 3. The highest BCUT2D eigenvalue weighted by molar-refractivity contribution is 5.69. The van der Waals surface area contributed by atoms with Gasteiger partial charge in [0.2, 0.25) is 0 Å². The first-order valence-corrected chi connectivity index (χ1v) is 5.17. The van der Waals surface area contributed by atoms with Gasteiger partial charge in [-0.2, -0.15) is 5.26 Å². The van der Waals surface area contributed by atoms with Gasteiger partial charge in [-0.3, -0.25) is 10.1 Å². The van der Waals surface area contributed by atoms with Gasteiger partial charge < -0.3 is 5.32 Å². The number of nitriles is 1. The Morgan fingerprint density at radius 2 is 2.16 bits per heavy atom. The Morgan fingerprint density at radius 3 is 2.74 bits per heavy atom. The van der Waals surface area contributed by atoms with Crippen LogP contribution in [0.25, 0.3) is 0 Å². The number of nitro groups is 1. The molecule has 1 heterocycles. The third kappa shape index (κ3) is 2.81. The highest BCUT2D eigenvalue weighted by Gasteiger charge is 2.14. The summed E-state index contributed by atoms with van der Waals surface area (Å²) in [5.41, 5.74) is 0.212. The molecule has 0 aliphatic carbocycles. The number of halogens is 1. The van der Waals surface area contributed by atoms with E-state index in [2.05, 4.69) is 10.3 Å². The highest BCUT2D eigenvalue weighted by Crippen LogP contribution is 2.27. The molecule has 0 amide bonds. The molecule has 1 N–H and O–H groups in total. The van der Waals surface area contributed by atoms with E-state index in [1.54, 1.807) is 0 Å². The van der Waals surface area contributed by atoms with Crippen LogP contribution in [-0.2, 0) is 0 Å². The fourth-order valence-corrected chi connectivity index (χ4v) is 1.45. The van der Waals surface area contributed by atoms with Crippen molar-refractivity contribution in [2.24, 2.45) is 0 Å². The fraction of sp³-hybridized carbons (Fsp3) is 0. The molecular weight excluding hydrogens is 251 g/mol. The first kappa shape index (κ1) is 12.4. The number of hydrogen-bond donors (Lipinski definition) is 1. The fourth-order valence-electron chi connectivity index (χ4n) is 1.45. The summed E-state index contributed by atoms with van der Waals surface area (Å²) in [5, 5.41) is 22.3. The van der Waals surface area contributed by atoms with Crippen molar-refractivity contribution in [2.75, 3.05) is 5.32 Å². The lowest BCUT2D eigenvalue weighted by Gasteiger charge is -2.06. The second-order valence-electron chi connectivity index (χ2n) is 3.59. The number of anilines is 2. The van der Waals surface area contributed by atoms with Gasteiger partial charge >= 0.3 is 0 Å². The monoisotopic (exact) mass is 258 g/mol. The molecule has 0 atom stereocenters. The largest absolute Gasteiger partial charge is 0.335 e. The van der Waals surface area contributed by atoms with Crippen LogP contribution in [-0.4, -0.2) is 9.91 Å². The van der Waals surface area contributed by atoms with Gasteiger partial charge in [0.25, 0.3) is 5.69 Å². The molecule has 0 bridgehead atoms. The second kappa shape index (κ2) is 5.10. The molecule has 94 valence electrons. The van der Waals surface area contributed by atoms with E-state index in [0.717, 1.165) is 6.20 Å². The van der Waals surface area contributed by atoms with E-state index in [-0.39, 0.29) is 22.8 Å². The van der Waals surface area contributed by atoms with Crippen molar-refractivity contribution in [1.82, 2.24) is 4.98 Å². The summed E-state index contributed by atoms with van der Waals surface area (Å²) in [6.45, 7) is 0. The number of pyridine rings is 1. The number of benzene rings is 1. The van der Waals surface area contributed by atoms with Crippen LogP contribution in [0.3, 0.4) is 0 Å². The molecule has 19 heavy (non-hydrogen) atoms. The molecule has 6 nitrogen and oxygen atoms in total. The Balaban J connectivity index is 2.40. The number of hydrogen-bond acceptors (Lipinski definition) is 5. The Kier molecular flexibility index (Phi) is 3.34. The molecule has 0 fully saturated rings. The molecule has 1 aromatic heterocycles. The summed E-state index contributed by atoms with van der Waals surface area (Å²) in [4.78, 5) is 14.0. The van der Waals surface area contributed by atoms with E-state index in [9.17, 15) is 14.5 Å². The molecule has 0 unspecified atom stereocenters. The SMILES string of the molecule is N#Cc1ccc([N+](=O)[O-])c(Nc2ccc(F)cn2)c1. The Bertz CT molecular complexity index is 664. The van der Waals surface area contributed by atoms with Gasteiger partial charge in [-0.05, 0) is 24.3 Å². The maximum absolute atomic E-state index is 12.7. The van der Waals surface area contributed by atoms with E-state index in [1.165, 1.54) is 30.3 Å². The number of nitrogens with one attached hydrogen (secondary N) is 1. The summed E-state index contributed by atoms with van der Waals surface area (Å²) >= 11 is 0. The first-order valence-electron chi connectivity index (χ1n) is 5.17.